The van der Waals surface area contributed by atoms with Gasteiger partial charge in [-0.2, -0.15) is 0 Å². The van der Waals surface area contributed by atoms with Crippen molar-refractivity contribution in [2.45, 2.75) is 19.4 Å². The van der Waals surface area contributed by atoms with Crippen LogP contribution in [0.3, 0.4) is 0 Å². The van der Waals surface area contributed by atoms with Crippen LogP contribution in [0.4, 0.5) is 0 Å². The van der Waals surface area contributed by atoms with Crippen molar-refractivity contribution in [3.05, 3.63) is 0 Å². The van der Waals surface area contributed by atoms with Crippen molar-refractivity contribution in [1.82, 2.24) is 0 Å². The fraction of sp³-hybridized carbons (Fsp3) is 0.778. The van der Waals surface area contributed by atoms with E-state index in [4.69, 9.17) is 20.6 Å². The van der Waals surface area contributed by atoms with E-state index in [0.717, 1.165) is 0 Å². The van der Waals surface area contributed by atoms with Crippen LogP contribution in [0.1, 0.15) is 33.8 Å². The second-order valence-electron chi connectivity index (χ2n) is 2.14. The predicted octanol–water partition coefficient (Wildman–Crippen LogP) is -1.24. The monoisotopic (exact) mass is 218 g/mol. The molecule has 0 aromatic rings. The molecule has 0 unspecified atom stereocenters. The summed E-state index contributed by atoms with van der Waals surface area (Å²) in [6, 6.07) is 0. The molecule has 0 fully saturated rings. The smallest absolute Gasteiger partial charge is 0.303 e. The first kappa shape index (κ1) is 2.52. The molecule has 1 atom stereocenters. The summed E-state index contributed by atoms with van der Waals surface area (Å²) in [5, 5.41) is 11.0. The van der Waals surface area contributed by atoms with Crippen molar-refractivity contribution in [1.29, 1.82) is 0 Å². The second-order valence-corrected chi connectivity index (χ2v) is 2.14. The van der Waals surface area contributed by atoms with Crippen LogP contribution >= 0.6 is 0 Å². The van der Waals surface area contributed by atoms with Gasteiger partial charge in [0.15, 0.2) is 6.08 Å². The van der Waals surface area contributed by atoms with E-state index in [1.165, 1.54) is 0 Å². The van der Waals surface area contributed by atoms with Gasteiger partial charge in [0.25, 0.3) is 0 Å². The number of carbonyl (C=O) groups is 2. The molecule has 0 aliphatic rings. The zero-order chi connectivity index (χ0) is 24.1. The number of hydrogen-bond donors (Lipinski definition) is 0. The number of carbonyl (C=O) groups excluding carboxylic acids is 2. The van der Waals surface area contributed by atoms with E-state index in [0.29, 0.717) is 0 Å². The Kier molecular flexibility index (Phi) is 0.893. The normalized spacial score (nSPS) is 36.1. The number of nitrogens with zero attached hydrogens (tertiary/aromatic N) is 1. The Bertz CT molecular complexity index is 608. The summed E-state index contributed by atoms with van der Waals surface area (Å²) < 4.78 is 112. The molecule has 0 heterocycles. The van der Waals surface area contributed by atoms with E-state index >= 15 is 0 Å². The Balaban J connectivity index is 7.27. The molecule has 0 spiro atoms. The first-order valence-electron chi connectivity index (χ1n) is 10.6. The second kappa shape index (κ2) is 4.95. The van der Waals surface area contributed by atoms with Gasteiger partial charge in [0.2, 0.25) is 0 Å². The summed E-state index contributed by atoms with van der Waals surface area (Å²) in [6.07, 6.45) is -6.22. The average Bonchev–Trinajstić information content (AvgIpc) is 2.29. The number of aliphatic carboxylic acids is 1. The van der Waals surface area contributed by atoms with Crippen molar-refractivity contribution >= 4 is 11.9 Å². The Morgan fingerprint density at radius 3 is 2.71 bits per heavy atom. The summed E-state index contributed by atoms with van der Waals surface area (Å²) in [7, 11) is 0. The molecular formula is C9H17NO4. The minimum atomic E-state index is -4.55. The van der Waals surface area contributed by atoms with Gasteiger partial charge in [-0.15, -0.1) is 0 Å². The Morgan fingerprint density at radius 2 is 2.29 bits per heavy atom. The van der Waals surface area contributed by atoms with Crippen molar-refractivity contribution in [3.8, 4) is 0 Å². The molecule has 0 saturated carbocycles. The Morgan fingerprint density at radius 1 is 1.64 bits per heavy atom. The molecule has 14 heavy (non-hydrogen) atoms. The van der Waals surface area contributed by atoms with E-state index in [1.54, 1.807) is 0 Å². The number of esters is 1. The van der Waals surface area contributed by atoms with Crippen LogP contribution in [0.2, 0.25) is 0 Å². The molecule has 5 heteroatoms. The van der Waals surface area contributed by atoms with Gasteiger partial charge in [-0.1, -0.05) is 0 Å². The molecule has 0 aliphatic heterocycles. The topological polar surface area (TPSA) is 66.4 Å². The lowest BCUT2D eigenvalue weighted by atomic mass is 10.2. The highest BCUT2D eigenvalue weighted by molar-refractivity contribution is 5.68. The molecule has 0 N–H and O–H groups in total. The van der Waals surface area contributed by atoms with E-state index < -0.39 is 63.2 Å². The van der Waals surface area contributed by atoms with Crippen LogP contribution in [0.25, 0.3) is 0 Å². The van der Waals surface area contributed by atoms with Crippen LogP contribution in [-0.2, 0) is 14.3 Å². The third-order valence-corrected chi connectivity index (χ3v) is 0.813. The average molecular weight is 218 g/mol. The highest BCUT2D eigenvalue weighted by Gasteiger charge is 2.20. The van der Waals surface area contributed by atoms with Gasteiger partial charge in [-0.3, -0.25) is 4.79 Å². The highest BCUT2D eigenvalue weighted by Crippen LogP contribution is 2.04. The molecule has 0 aromatic heterocycles. The highest BCUT2D eigenvalue weighted by atomic mass is 16.5. The van der Waals surface area contributed by atoms with E-state index in [-0.39, 0.29) is 0 Å². The van der Waals surface area contributed by atoms with Crippen LogP contribution < -0.4 is 5.11 Å². The fourth-order valence-electron chi connectivity index (χ4n) is 0.528. The molecular weight excluding hydrogens is 186 g/mol. The zero-order valence-electron chi connectivity index (χ0n) is 21.8. The molecule has 0 aliphatic carbocycles. The number of likely N-dealkylation sites (N-methyl/N-ethyl adjacent to an activating group) is 1. The van der Waals surface area contributed by atoms with Crippen molar-refractivity contribution in [2.24, 2.45) is 0 Å². The Hall–Kier alpha value is -1.10. The predicted molar refractivity (Wildman–Crippen MR) is 48.1 cm³/mol. The number of hydrogen-bond acceptors (Lipinski definition) is 4. The lowest BCUT2D eigenvalue weighted by Crippen LogP contribution is -2.45. The molecule has 0 bridgehead atoms. The van der Waals surface area contributed by atoms with Crippen molar-refractivity contribution in [3.63, 3.8) is 0 Å². The molecule has 82 valence electrons. The van der Waals surface area contributed by atoms with Gasteiger partial charge >= 0.3 is 5.97 Å². The zero-order valence-corrected chi connectivity index (χ0v) is 6.79. The van der Waals surface area contributed by atoms with E-state index in [9.17, 15) is 14.7 Å². The summed E-state index contributed by atoms with van der Waals surface area (Å²) in [5.41, 5.74) is 0. The number of ether oxygens (including phenoxy) is 1. The van der Waals surface area contributed by atoms with Gasteiger partial charge in [-0.05, 0) is 0 Å². The number of quaternary nitrogens is 1. The lowest BCUT2D eigenvalue weighted by molar-refractivity contribution is -0.873. The van der Waals surface area contributed by atoms with Gasteiger partial charge in [0, 0.05) is 23.4 Å². The lowest BCUT2D eigenvalue weighted by Gasteiger charge is -2.28. The van der Waals surface area contributed by atoms with E-state index in [2.05, 4.69) is 4.74 Å². The summed E-state index contributed by atoms with van der Waals surface area (Å²) in [4.78, 5) is 22.7. The third-order valence-electron chi connectivity index (χ3n) is 0.813. The maximum absolute atomic E-state index is 11.7. The summed E-state index contributed by atoms with van der Waals surface area (Å²) in [6.45, 7) is -21.2. The summed E-state index contributed by atoms with van der Waals surface area (Å²) >= 11 is 0. The van der Waals surface area contributed by atoms with Crippen molar-refractivity contribution < 1.29 is 44.5 Å². The van der Waals surface area contributed by atoms with E-state index in [1.807, 2.05) is 0 Å². The quantitative estimate of drug-likeness (QED) is 0.428. The number of rotatable bonds is 5. The largest absolute Gasteiger partial charge is 0.550 e. The van der Waals surface area contributed by atoms with Gasteiger partial charge in [-0.25, -0.2) is 0 Å². The van der Waals surface area contributed by atoms with Crippen LogP contribution in [0.5, 0.6) is 0 Å². The summed E-state index contributed by atoms with van der Waals surface area (Å²) in [5.74, 6) is -4.78. The van der Waals surface area contributed by atoms with Crippen LogP contribution in [-0.4, -0.2) is 49.9 Å². The van der Waals surface area contributed by atoms with Gasteiger partial charge in [0.05, 0.1) is 37.4 Å². The minimum Gasteiger partial charge on any atom is -0.550 e. The number of carboxylic acids is 1. The first-order valence-corrected chi connectivity index (χ1v) is 3.12. The maximum Gasteiger partial charge on any atom is 0.303 e. The molecule has 0 saturated heterocycles. The van der Waals surface area contributed by atoms with Crippen molar-refractivity contribution in [2.75, 3.05) is 27.4 Å². The van der Waals surface area contributed by atoms with Gasteiger partial charge < -0.3 is 19.1 Å². The number of carboxylic acid groups (broad SMARTS) is 1. The maximum atomic E-state index is 11.7. The van der Waals surface area contributed by atoms with Gasteiger partial charge in [0.1, 0.15) is 6.50 Å². The standard InChI is InChI=1S/C9H17NO4/c1-7(11)14-8(5-9(12)13)6-10(2,3)4/h8H,5-6H2,1-4H3/t8-/m0/s1/i1D3,2D3,3D3,4D3,6D2,8D. The Labute approximate surface area is 105 Å². The molecule has 5 nitrogen and oxygen atoms in total. The third kappa shape index (κ3) is 7.54. The SMILES string of the molecule is [2H]C([2H])([2H])C(=O)O[C@@]([2H])(CC(=O)[O-])C([2H])([2H])[N+](C([2H])([2H])[2H])(C([2H])([2H])[2H])C([2H])([2H])[2H]. The first-order chi connectivity index (χ1) is 12.3. The molecule has 0 amide bonds. The molecule has 0 aromatic carbocycles. The molecule has 0 radical (unpaired) electrons. The fourth-order valence-corrected chi connectivity index (χ4v) is 0.528. The van der Waals surface area contributed by atoms with Crippen LogP contribution in [0, 0.1) is 0 Å². The van der Waals surface area contributed by atoms with Crippen LogP contribution in [0.15, 0.2) is 0 Å². The minimum absolute atomic E-state index is 2.08. The molecule has 0 rings (SSSR count).